The minimum atomic E-state index is -3.64. The number of amides is 1. The van der Waals surface area contributed by atoms with Gasteiger partial charge in [-0.3, -0.25) is 13.9 Å². The normalized spacial score (nSPS) is 11.0. The van der Waals surface area contributed by atoms with E-state index in [1.54, 1.807) is 0 Å². The third-order valence-corrected chi connectivity index (χ3v) is 4.72. The first kappa shape index (κ1) is 18.7. The summed E-state index contributed by atoms with van der Waals surface area (Å²) < 4.78 is 25.1. The molecule has 0 spiro atoms. The highest BCUT2D eigenvalue weighted by Gasteiger charge is 2.20. The zero-order valence-corrected chi connectivity index (χ0v) is 14.9. The van der Waals surface area contributed by atoms with Crippen LogP contribution in [0.1, 0.15) is 22.8 Å². The molecule has 0 saturated heterocycles. The van der Waals surface area contributed by atoms with Crippen molar-refractivity contribution in [1.29, 1.82) is 0 Å². The standard InChI is InChI=1S/C18H20N2O4S/c1-14(21)16-8-10-17(11-9-16)20(25(2,23)24)13-18(22)19-12-15-6-4-3-5-7-15/h3-11H,12-13H2,1-2H3,(H,19,22). The Kier molecular flexibility index (Phi) is 5.93. The average Bonchev–Trinajstić information content (AvgIpc) is 2.58. The summed E-state index contributed by atoms with van der Waals surface area (Å²) in [4.78, 5) is 23.5. The number of carbonyl (C=O) groups excluding carboxylic acids is 2. The highest BCUT2D eigenvalue weighted by atomic mass is 32.2. The zero-order valence-electron chi connectivity index (χ0n) is 14.1. The molecule has 6 nitrogen and oxygen atoms in total. The number of benzene rings is 2. The van der Waals surface area contributed by atoms with Crippen LogP contribution >= 0.6 is 0 Å². The average molecular weight is 360 g/mol. The van der Waals surface area contributed by atoms with Gasteiger partial charge in [0.1, 0.15) is 6.54 Å². The summed E-state index contributed by atoms with van der Waals surface area (Å²) in [5, 5.41) is 2.70. The SMILES string of the molecule is CC(=O)c1ccc(N(CC(=O)NCc2ccccc2)S(C)(=O)=O)cc1. The number of sulfonamides is 1. The number of carbonyl (C=O) groups is 2. The van der Waals surface area contributed by atoms with Crippen molar-refractivity contribution >= 4 is 27.4 Å². The Bertz CT molecular complexity index is 846. The predicted octanol–water partition coefficient (Wildman–Crippen LogP) is 1.97. The van der Waals surface area contributed by atoms with E-state index in [0.717, 1.165) is 16.1 Å². The molecule has 2 aromatic carbocycles. The van der Waals surface area contributed by atoms with Gasteiger partial charge in [0.25, 0.3) is 0 Å². The van der Waals surface area contributed by atoms with Crippen LogP contribution in [0.2, 0.25) is 0 Å². The molecule has 2 rings (SSSR count). The van der Waals surface area contributed by atoms with Crippen LogP contribution in [0.25, 0.3) is 0 Å². The molecular weight excluding hydrogens is 340 g/mol. The fraction of sp³-hybridized carbons (Fsp3) is 0.222. The molecule has 1 amide bonds. The minimum absolute atomic E-state index is 0.113. The number of Topliss-reactive ketones (excluding diaryl/α,β-unsaturated/α-hetero) is 1. The molecule has 0 aromatic heterocycles. The van der Waals surface area contributed by atoms with E-state index in [-0.39, 0.29) is 12.3 Å². The van der Waals surface area contributed by atoms with Crippen molar-refractivity contribution in [2.75, 3.05) is 17.1 Å². The first-order valence-corrected chi connectivity index (χ1v) is 9.51. The van der Waals surface area contributed by atoms with Crippen LogP contribution in [-0.4, -0.2) is 32.9 Å². The van der Waals surface area contributed by atoms with Gasteiger partial charge in [-0.15, -0.1) is 0 Å². The molecule has 0 fully saturated rings. The number of ketones is 1. The third-order valence-electron chi connectivity index (χ3n) is 3.58. The van der Waals surface area contributed by atoms with Gasteiger partial charge in [-0.25, -0.2) is 8.42 Å². The van der Waals surface area contributed by atoms with Crippen LogP contribution < -0.4 is 9.62 Å². The van der Waals surface area contributed by atoms with E-state index in [1.807, 2.05) is 30.3 Å². The van der Waals surface area contributed by atoms with E-state index in [1.165, 1.54) is 31.2 Å². The van der Waals surface area contributed by atoms with Crippen molar-refractivity contribution in [3.05, 3.63) is 65.7 Å². The highest BCUT2D eigenvalue weighted by molar-refractivity contribution is 7.92. The van der Waals surface area contributed by atoms with Gasteiger partial charge in [-0.1, -0.05) is 30.3 Å². The van der Waals surface area contributed by atoms with Gasteiger partial charge in [0, 0.05) is 12.1 Å². The molecule has 25 heavy (non-hydrogen) atoms. The molecule has 1 N–H and O–H groups in total. The molecule has 0 aliphatic rings. The first-order chi connectivity index (χ1) is 11.8. The lowest BCUT2D eigenvalue weighted by Gasteiger charge is -2.22. The van der Waals surface area contributed by atoms with Gasteiger partial charge in [0.2, 0.25) is 15.9 Å². The van der Waals surface area contributed by atoms with Gasteiger partial charge < -0.3 is 5.32 Å². The number of rotatable bonds is 7. The Morgan fingerprint density at radius 2 is 1.60 bits per heavy atom. The molecular formula is C18H20N2O4S. The molecule has 7 heteroatoms. The Morgan fingerprint density at radius 1 is 1.00 bits per heavy atom. The Labute approximate surface area is 147 Å². The molecule has 0 unspecified atom stereocenters. The number of anilines is 1. The number of nitrogens with one attached hydrogen (secondary N) is 1. The van der Waals surface area contributed by atoms with Crippen molar-refractivity contribution in [3.8, 4) is 0 Å². The Hall–Kier alpha value is -2.67. The summed E-state index contributed by atoms with van der Waals surface area (Å²) in [6.45, 7) is 1.42. The summed E-state index contributed by atoms with van der Waals surface area (Å²) in [5.74, 6) is -0.525. The lowest BCUT2D eigenvalue weighted by molar-refractivity contribution is -0.119. The van der Waals surface area contributed by atoms with E-state index < -0.39 is 15.9 Å². The second-order valence-corrected chi connectivity index (χ2v) is 7.54. The molecule has 0 bridgehead atoms. The third kappa shape index (κ3) is 5.42. The van der Waals surface area contributed by atoms with E-state index in [9.17, 15) is 18.0 Å². The Morgan fingerprint density at radius 3 is 2.12 bits per heavy atom. The number of nitrogens with zero attached hydrogens (tertiary/aromatic N) is 1. The van der Waals surface area contributed by atoms with Crippen molar-refractivity contribution in [2.45, 2.75) is 13.5 Å². The zero-order chi connectivity index (χ0) is 18.4. The second-order valence-electron chi connectivity index (χ2n) is 5.64. The van der Waals surface area contributed by atoms with E-state index >= 15 is 0 Å². The first-order valence-electron chi connectivity index (χ1n) is 7.66. The molecule has 0 aliphatic carbocycles. The smallest absolute Gasteiger partial charge is 0.241 e. The van der Waals surface area contributed by atoms with Crippen LogP contribution in [0, 0.1) is 0 Å². The van der Waals surface area contributed by atoms with Crippen molar-refractivity contribution in [1.82, 2.24) is 5.32 Å². The van der Waals surface area contributed by atoms with Gasteiger partial charge in [-0.05, 0) is 36.8 Å². The van der Waals surface area contributed by atoms with Crippen molar-refractivity contribution in [2.24, 2.45) is 0 Å². The van der Waals surface area contributed by atoms with Crippen LogP contribution in [0.5, 0.6) is 0 Å². The van der Waals surface area contributed by atoms with Crippen molar-refractivity contribution in [3.63, 3.8) is 0 Å². The Balaban J connectivity index is 2.10. The lowest BCUT2D eigenvalue weighted by Crippen LogP contribution is -2.40. The summed E-state index contributed by atoms with van der Waals surface area (Å²) in [6.07, 6.45) is 1.04. The maximum atomic E-state index is 12.2. The largest absolute Gasteiger partial charge is 0.350 e. The summed E-state index contributed by atoms with van der Waals surface area (Å²) >= 11 is 0. The molecule has 0 atom stereocenters. The fourth-order valence-electron chi connectivity index (χ4n) is 2.25. The van der Waals surface area contributed by atoms with Crippen LogP contribution in [0.15, 0.2) is 54.6 Å². The fourth-order valence-corrected chi connectivity index (χ4v) is 3.10. The van der Waals surface area contributed by atoms with Gasteiger partial charge in [0.15, 0.2) is 5.78 Å². The van der Waals surface area contributed by atoms with Gasteiger partial charge in [-0.2, -0.15) is 0 Å². The van der Waals surface area contributed by atoms with E-state index in [4.69, 9.17) is 0 Å². The number of hydrogen-bond acceptors (Lipinski definition) is 4. The summed E-state index contributed by atoms with van der Waals surface area (Å²) in [6, 6.07) is 15.5. The predicted molar refractivity (Wildman–Crippen MR) is 96.9 cm³/mol. The second kappa shape index (κ2) is 7.94. The van der Waals surface area contributed by atoms with Crippen LogP contribution in [-0.2, 0) is 21.4 Å². The van der Waals surface area contributed by atoms with E-state index in [0.29, 0.717) is 17.8 Å². The molecule has 132 valence electrons. The van der Waals surface area contributed by atoms with Gasteiger partial charge >= 0.3 is 0 Å². The van der Waals surface area contributed by atoms with E-state index in [2.05, 4.69) is 5.32 Å². The number of hydrogen-bond donors (Lipinski definition) is 1. The maximum Gasteiger partial charge on any atom is 0.241 e. The summed E-state index contributed by atoms with van der Waals surface area (Å²) in [7, 11) is -3.64. The van der Waals surface area contributed by atoms with Crippen molar-refractivity contribution < 1.29 is 18.0 Å². The molecule has 2 aromatic rings. The highest BCUT2D eigenvalue weighted by Crippen LogP contribution is 2.18. The molecule has 0 aliphatic heterocycles. The molecule has 0 saturated carbocycles. The summed E-state index contributed by atoms with van der Waals surface area (Å²) in [5.41, 5.74) is 1.74. The van der Waals surface area contributed by atoms with Crippen LogP contribution in [0.3, 0.4) is 0 Å². The van der Waals surface area contributed by atoms with Gasteiger partial charge in [0.05, 0.1) is 11.9 Å². The molecule has 0 heterocycles. The maximum absolute atomic E-state index is 12.2. The lowest BCUT2D eigenvalue weighted by atomic mass is 10.1. The topological polar surface area (TPSA) is 83.6 Å². The molecule has 0 radical (unpaired) electrons. The van der Waals surface area contributed by atoms with Crippen LogP contribution in [0.4, 0.5) is 5.69 Å². The monoisotopic (exact) mass is 360 g/mol. The minimum Gasteiger partial charge on any atom is -0.350 e. The quantitative estimate of drug-likeness (QED) is 0.765.